The molecule has 2 atom stereocenters. The van der Waals surface area contributed by atoms with Gasteiger partial charge in [-0.05, 0) is 56.2 Å². The molecule has 3 rings (SSSR count). The SMILES string of the molecule is Cc1nc2ccc(N(C)C(C)c3ccc(C(=O)N[C@@H](CCC(=O)O)C(=O)O)cc3)cc2c(=O)[nH]1. The van der Waals surface area contributed by atoms with Crippen molar-refractivity contribution in [1.29, 1.82) is 0 Å². The molecule has 0 aliphatic carbocycles. The number of carbonyl (C=O) groups is 3. The van der Waals surface area contributed by atoms with Crippen molar-refractivity contribution < 1.29 is 24.6 Å². The van der Waals surface area contributed by atoms with Crippen molar-refractivity contribution in [3.63, 3.8) is 0 Å². The molecule has 178 valence electrons. The first-order valence-electron chi connectivity index (χ1n) is 10.7. The summed E-state index contributed by atoms with van der Waals surface area (Å²) in [7, 11) is 1.89. The van der Waals surface area contributed by atoms with Gasteiger partial charge in [0.1, 0.15) is 11.9 Å². The number of hydrogen-bond donors (Lipinski definition) is 4. The fourth-order valence-electron chi connectivity index (χ4n) is 3.59. The van der Waals surface area contributed by atoms with Crippen LogP contribution in [0.25, 0.3) is 10.9 Å². The Kier molecular flexibility index (Phi) is 7.30. The average molecular weight is 466 g/mol. The number of nitrogens with one attached hydrogen (secondary N) is 2. The van der Waals surface area contributed by atoms with Gasteiger partial charge in [0.2, 0.25) is 0 Å². The molecular formula is C24H26N4O6. The maximum absolute atomic E-state index is 12.5. The summed E-state index contributed by atoms with van der Waals surface area (Å²) in [5, 5.41) is 20.8. The lowest BCUT2D eigenvalue weighted by Crippen LogP contribution is -2.41. The van der Waals surface area contributed by atoms with Gasteiger partial charge in [0, 0.05) is 24.7 Å². The van der Waals surface area contributed by atoms with E-state index in [4.69, 9.17) is 5.11 Å². The molecule has 3 aromatic rings. The van der Waals surface area contributed by atoms with E-state index >= 15 is 0 Å². The first kappa shape index (κ1) is 24.4. The Bertz CT molecular complexity index is 1280. The molecule has 1 amide bonds. The van der Waals surface area contributed by atoms with Gasteiger partial charge in [0.15, 0.2) is 0 Å². The molecule has 1 unspecified atom stereocenters. The number of rotatable bonds is 9. The molecule has 0 bridgehead atoms. The maximum Gasteiger partial charge on any atom is 0.326 e. The summed E-state index contributed by atoms with van der Waals surface area (Å²) < 4.78 is 0. The molecule has 0 spiro atoms. The monoisotopic (exact) mass is 466 g/mol. The van der Waals surface area contributed by atoms with Crippen LogP contribution in [-0.4, -0.2) is 51.1 Å². The van der Waals surface area contributed by atoms with Crippen LogP contribution in [0.4, 0.5) is 5.69 Å². The van der Waals surface area contributed by atoms with E-state index in [0.717, 1.165) is 11.3 Å². The predicted octanol–water partition coefficient (Wildman–Crippen LogP) is 2.48. The molecule has 0 aliphatic rings. The minimum Gasteiger partial charge on any atom is -0.481 e. The molecule has 0 aliphatic heterocycles. The predicted molar refractivity (Wildman–Crippen MR) is 126 cm³/mol. The highest BCUT2D eigenvalue weighted by Crippen LogP contribution is 2.27. The van der Waals surface area contributed by atoms with Crippen molar-refractivity contribution in [2.24, 2.45) is 0 Å². The van der Waals surface area contributed by atoms with E-state index in [0.29, 0.717) is 16.7 Å². The van der Waals surface area contributed by atoms with Crippen molar-refractivity contribution in [2.75, 3.05) is 11.9 Å². The molecule has 10 heteroatoms. The molecule has 1 aromatic heterocycles. The second-order valence-electron chi connectivity index (χ2n) is 8.06. The molecule has 2 aromatic carbocycles. The van der Waals surface area contributed by atoms with Crippen LogP contribution in [0, 0.1) is 6.92 Å². The lowest BCUT2D eigenvalue weighted by atomic mass is 10.0. The molecule has 1 heterocycles. The number of aliphatic carboxylic acids is 2. The standard InChI is InChI=1S/C24H26N4O6/c1-13(28(3)17-8-9-19-18(12-17)23(32)26-14(2)25-19)15-4-6-16(7-5-15)22(31)27-20(24(33)34)10-11-21(29)30/h4-9,12-13,20H,10-11H2,1-3H3,(H,27,31)(H,29,30)(H,33,34)(H,25,26,32)/t13?,20-/m0/s1. The summed E-state index contributed by atoms with van der Waals surface area (Å²) in [4.78, 5) is 55.8. The number of carboxylic acids is 2. The fraction of sp³-hybridized carbons (Fsp3) is 0.292. The minimum atomic E-state index is -1.29. The summed E-state index contributed by atoms with van der Waals surface area (Å²) in [6.07, 6.45) is -0.573. The number of anilines is 1. The van der Waals surface area contributed by atoms with Gasteiger partial charge in [-0.25, -0.2) is 9.78 Å². The summed E-state index contributed by atoms with van der Waals surface area (Å²) in [5.74, 6) is -2.47. The van der Waals surface area contributed by atoms with Crippen LogP contribution < -0.4 is 15.8 Å². The first-order chi connectivity index (χ1) is 16.1. The Balaban J connectivity index is 1.74. The van der Waals surface area contributed by atoms with Gasteiger partial charge in [-0.3, -0.25) is 14.4 Å². The molecule has 4 N–H and O–H groups in total. The number of carboxylic acid groups (broad SMARTS) is 2. The Hall–Kier alpha value is -4.21. The highest BCUT2D eigenvalue weighted by Gasteiger charge is 2.22. The maximum atomic E-state index is 12.5. The first-order valence-corrected chi connectivity index (χ1v) is 10.7. The number of hydrogen-bond acceptors (Lipinski definition) is 6. The summed E-state index contributed by atoms with van der Waals surface area (Å²) >= 11 is 0. The molecule has 0 saturated carbocycles. The van der Waals surface area contributed by atoms with Crippen molar-refractivity contribution in [3.8, 4) is 0 Å². The molecule has 0 fully saturated rings. The van der Waals surface area contributed by atoms with Gasteiger partial charge in [-0.2, -0.15) is 0 Å². The van der Waals surface area contributed by atoms with E-state index in [1.807, 2.05) is 24.9 Å². The van der Waals surface area contributed by atoms with Gasteiger partial charge < -0.3 is 25.4 Å². The van der Waals surface area contributed by atoms with Crippen LogP contribution in [0.5, 0.6) is 0 Å². The average Bonchev–Trinajstić information content (AvgIpc) is 2.80. The number of nitrogens with zero attached hydrogens (tertiary/aromatic N) is 2. The number of H-pyrrole nitrogens is 1. The number of aromatic amines is 1. The van der Waals surface area contributed by atoms with Crippen LogP contribution in [0.15, 0.2) is 47.3 Å². The van der Waals surface area contributed by atoms with Gasteiger partial charge in [0.25, 0.3) is 11.5 Å². The highest BCUT2D eigenvalue weighted by atomic mass is 16.4. The number of amides is 1. The van der Waals surface area contributed by atoms with Crippen molar-refractivity contribution in [2.45, 2.75) is 38.8 Å². The second kappa shape index (κ2) is 10.2. The normalized spacial score (nSPS) is 12.7. The van der Waals surface area contributed by atoms with Crippen LogP contribution in [0.3, 0.4) is 0 Å². The summed E-state index contributed by atoms with van der Waals surface area (Å²) in [6.45, 7) is 3.70. The van der Waals surface area contributed by atoms with E-state index in [1.165, 1.54) is 0 Å². The van der Waals surface area contributed by atoms with E-state index < -0.39 is 23.9 Å². The zero-order valence-corrected chi connectivity index (χ0v) is 19.0. The Morgan fingerprint density at radius 3 is 2.41 bits per heavy atom. The van der Waals surface area contributed by atoms with E-state index in [2.05, 4.69) is 15.3 Å². The highest BCUT2D eigenvalue weighted by molar-refractivity contribution is 5.96. The third kappa shape index (κ3) is 5.58. The fourth-order valence-corrected chi connectivity index (χ4v) is 3.59. The molecule has 34 heavy (non-hydrogen) atoms. The number of fused-ring (bicyclic) bond motifs is 1. The zero-order valence-electron chi connectivity index (χ0n) is 19.0. The topological polar surface area (TPSA) is 153 Å². The largest absolute Gasteiger partial charge is 0.481 e. The van der Waals surface area contributed by atoms with Crippen LogP contribution in [-0.2, 0) is 9.59 Å². The quantitative estimate of drug-likeness (QED) is 0.375. The third-order valence-electron chi connectivity index (χ3n) is 5.70. The molecule has 0 radical (unpaired) electrons. The Morgan fingerprint density at radius 2 is 1.79 bits per heavy atom. The molecule has 10 nitrogen and oxygen atoms in total. The van der Waals surface area contributed by atoms with Gasteiger partial charge >= 0.3 is 11.9 Å². The third-order valence-corrected chi connectivity index (χ3v) is 5.70. The Morgan fingerprint density at radius 1 is 1.12 bits per heavy atom. The lowest BCUT2D eigenvalue weighted by molar-refractivity contribution is -0.140. The number of benzene rings is 2. The second-order valence-corrected chi connectivity index (χ2v) is 8.06. The van der Waals surface area contributed by atoms with Crippen molar-refractivity contribution in [3.05, 3.63) is 69.8 Å². The summed E-state index contributed by atoms with van der Waals surface area (Å²) in [6, 6.07) is 10.8. The van der Waals surface area contributed by atoms with Gasteiger partial charge in [-0.1, -0.05) is 12.1 Å². The van der Waals surface area contributed by atoms with Crippen LogP contribution in [0.1, 0.15) is 47.6 Å². The number of aromatic nitrogens is 2. The van der Waals surface area contributed by atoms with E-state index in [-0.39, 0.29) is 30.0 Å². The molecular weight excluding hydrogens is 440 g/mol. The number of aryl methyl sites for hydroxylation is 1. The van der Waals surface area contributed by atoms with E-state index in [1.54, 1.807) is 43.3 Å². The van der Waals surface area contributed by atoms with E-state index in [9.17, 15) is 24.3 Å². The Labute approximate surface area is 195 Å². The summed E-state index contributed by atoms with van der Waals surface area (Å²) in [5.41, 5.74) is 2.39. The number of carbonyl (C=O) groups excluding carboxylic acids is 1. The van der Waals surface area contributed by atoms with Gasteiger partial charge in [0.05, 0.1) is 16.9 Å². The van der Waals surface area contributed by atoms with Gasteiger partial charge in [-0.15, -0.1) is 0 Å². The van der Waals surface area contributed by atoms with Crippen molar-refractivity contribution in [1.82, 2.24) is 15.3 Å². The van der Waals surface area contributed by atoms with Crippen LogP contribution in [0.2, 0.25) is 0 Å². The lowest BCUT2D eigenvalue weighted by Gasteiger charge is -2.27. The molecule has 0 saturated heterocycles. The van der Waals surface area contributed by atoms with Crippen molar-refractivity contribution >= 4 is 34.4 Å². The minimum absolute atomic E-state index is 0.102. The zero-order chi connectivity index (χ0) is 25.0. The van der Waals surface area contributed by atoms with Crippen LogP contribution >= 0.6 is 0 Å². The smallest absolute Gasteiger partial charge is 0.326 e.